The molecule has 6 heteroatoms. The van der Waals surface area contributed by atoms with Gasteiger partial charge in [0.25, 0.3) is 0 Å². The second-order valence-corrected chi connectivity index (χ2v) is 7.47. The van der Waals surface area contributed by atoms with Crippen LogP contribution in [0.1, 0.15) is 30.5 Å². The van der Waals surface area contributed by atoms with Crippen molar-refractivity contribution in [2.75, 3.05) is 5.32 Å². The van der Waals surface area contributed by atoms with Crippen LogP contribution >= 0.6 is 0 Å². The standard InChI is InChI=1S/C25H23N3O3/c29-20-10-6-18(7-11-20)15-24(31)28-25-22(14-17-4-2-1-3-5-17)27-23(16-26-25)19-8-12-21(30)13-9-19/h1-6,8-10,12-13,16,29-30H,7,11,14-15H2,(H,26,28,31). The lowest BCUT2D eigenvalue weighted by molar-refractivity contribution is -0.115. The second kappa shape index (κ2) is 9.26. The van der Waals surface area contributed by atoms with E-state index < -0.39 is 0 Å². The number of aliphatic hydroxyl groups is 1. The Balaban J connectivity index is 1.59. The number of amides is 1. The van der Waals surface area contributed by atoms with Gasteiger partial charge in [-0.15, -0.1) is 0 Å². The molecule has 0 atom stereocenters. The van der Waals surface area contributed by atoms with Crippen molar-refractivity contribution in [3.05, 3.63) is 95.5 Å². The normalized spacial score (nSPS) is 13.3. The molecule has 2 aromatic carbocycles. The number of allylic oxidation sites excluding steroid dienone is 3. The predicted octanol–water partition coefficient (Wildman–Crippen LogP) is 4.93. The Morgan fingerprint density at radius 3 is 2.45 bits per heavy atom. The summed E-state index contributed by atoms with van der Waals surface area (Å²) in [5, 5.41) is 21.9. The Morgan fingerprint density at radius 2 is 1.74 bits per heavy atom. The Labute approximate surface area is 180 Å². The highest BCUT2D eigenvalue weighted by Gasteiger charge is 2.15. The van der Waals surface area contributed by atoms with Crippen molar-refractivity contribution in [3.63, 3.8) is 0 Å². The molecule has 1 aromatic heterocycles. The SMILES string of the molecule is O=C(CC1=CC=C(O)CC1)Nc1ncc(-c2ccc(O)cc2)nc1Cc1ccccc1. The van der Waals surface area contributed by atoms with Crippen LogP contribution in [0.5, 0.6) is 5.75 Å². The second-order valence-electron chi connectivity index (χ2n) is 7.47. The molecule has 156 valence electrons. The molecule has 0 bridgehead atoms. The lowest BCUT2D eigenvalue weighted by Crippen LogP contribution is -2.16. The Hall–Kier alpha value is -3.93. The molecule has 3 N–H and O–H groups in total. The molecule has 0 unspecified atom stereocenters. The smallest absolute Gasteiger partial charge is 0.229 e. The van der Waals surface area contributed by atoms with E-state index in [1.54, 1.807) is 42.6 Å². The molecular formula is C25H23N3O3. The summed E-state index contributed by atoms with van der Waals surface area (Å²) in [6.45, 7) is 0. The van der Waals surface area contributed by atoms with E-state index in [0.29, 0.717) is 42.2 Å². The minimum Gasteiger partial charge on any atom is -0.512 e. The first-order valence-electron chi connectivity index (χ1n) is 10.1. The van der Waals surface area contributed by atoms with Gasteiger partial charge < -0.3 is 15.5 Å². The van der Waals surface area contributed by atoms with Crippen LogP contribution in [0.3, 0.4) is 0 Å². The molecule has 0 radical (unpaired) electrons. The van der Waals surface area contributed by atoms with Gasteiger partial charge in [-0.3, -0.25) is 4.79 Å². The van der Waals surface area contributed by atoms with Gasteiger partial charge in [-0.1, -0.05) is 42.0 Å². The fourth-order valence-electron chi connectivity index (χ4n) is 3.41. The number of hydrogen-bond donors (Lipinski definition) is 3. The molecule has 0 saturated carbocycles. The van der Waals surface area contributed by atoms with Crippen molar-refractivity contribution >= 4 is 11.7 Å². The van der Waals surface area contributed by atoms with Crippen molar-refractivity contribution in [2.45, 2.75) is 25.7 Å². The zero-order valence-corrected chi connectivity index (χ0v) is 17.0. The summed E-state index contributed by atoms with van der Waals surface area (Å²) in [5.74, 6) is 0.795. The lowest BCUT2D eigenvalue weighted by atomic mass is 10.0. The van der Waals surface area contributed by atoms with Crippen molar-refractivity contribution < 1.29 is 15.0 Å². The number of carbonyl (C=O) groups is 1. The molecule has 0 spiro atoms. The third-order valence-electron chi connectivity index (χ3n) is 5.08. The molecule has 31 heavy (non-hydrogen) atoms. The summed E-state index contributed by atoms with van der Waals surface area (Å²) in [4.78, 5) is 21.9. The number of hydrogen-bond acceptors (Lipinski definition) is 5. The summed E-state index contributed by atoms with van der Waals surface area (Å²) in [5.41, 5.74) is 4.19. The number of benzene rings is 2. The summed E-state index contributed by atoms with van der Waals surface area (Å²) in [7, 11) is 0. The van der Waals surface area contributed by atoms with Crippen LogP contribution in [-0.2, 0) is 11.2 Å². The maximum absolute atomic E-state index is 12.6. The number of rotatable bonds is 6. The van der Waals surface area contributed by atoms with Gasteiger partial charge in [-0.25, -0.2) is 9.97 Å². The third-order valence-corrected chi connectivity index (χ3v) is 5.08. The van der Waals surface area contributed by atoms with Gasteiger partial charge in [0, 0.05) is 24.8 Å². The van der Waals surface area contributed by atoms with Crippen LogP contribution in [0.15, 0.2) is 84.3 Å². The van der Waals surface area contributed by atoms with Gasteiger partial charge in [-0.05, 0) is 42.3 Å². The van der Waals surface area contributed by atoms with Crippen molar-refractivity contribution in [2.24, 2.45) is 0 Å². The molecule has 1 heterocycles. The zero-order chi connectivity index (χ0) is 21.6. The fraction of sp³-hybridized carbons (Fsp3) is 0.160. The van der Waals surface area contributed by atoms with Crippen molar-refractivity contribution in [1.82, 2.24) is 9.97 Å². The highest BCUT2D eigenvalue weighted by Crippen LogP contribution is 2.24. The Morgan fingerprint density at radius 1 is 0.968 bits per heavy atom. The van der Waals surface area contributed by atoms with Gasteiger partial charge in [0.1, 0.15) is 5.75 Å². The zero-order valence-electron chi connectivity index (χ0n) is 17.0. The number of aromatic nitrogens is 2. The fourth-order valence-corrected chi connectivity index (χ4v) is 3.41. The molecular weight excluding hydrogens is 390 g/mol. The van der Waals surface area contributed by atoms with Crippen LogP contribution in [0.25, 0.3) is 11.3 Å². The average Bonchev–Trinajstić information content (AvgIpc) is 2.78. The molecule has 4 rings (SSSR count). The molecule has 0 aliphatic heterocycles. The lowest BCUT2D eigenvalue weighted by Gasteiger charge is -2.14. The van der Waals surface area contributed by atoms with Gasteiger partial charge >= 0.3 is 0 Å². The highest BCUT2D eigenvalue weighted by molar-refractivity contribution is 5.92. The first-order valence-corrected chi connectivity index (χ1v) is 10.1. The number of carbonyl (C=O) groups excluding carboxylic acids is 1. The quantitative estimate of drug-likeness (QED) is 0.532. The summed E-state index contributed by atoms with van der Waals surface area (Å²) < 4.78 is 0. The number of aromatic hydroxyl groups is 1. The first-order chi connectivity index (χ1) is 15.1. The van der Waals surface area contributed by atoms with Crippen molar-refractivity contribution in [1.29, 1.82) is 0 Å². The minimum atomic E-state index is -0.165. The number of phenolic OH excluding ortho intramolecular Hbond substituents is 1. The molecule has 0 fully saturated rings. The van der Waals surface area contributed by atoms with Gasteiger partial charge in [0.15, 0.2) is 5.82 Å². The number of nitrogens with one attached hydrogen (secondary N) is 1. The van der Waals surface area contributed by atoms with Crippen LogP contribution in [0, 0.1) is 0 Å². The molecule has 0 saturated heterocycles. The number of aliphatic hydroxyl groups excluding tert-OH is 1. The molecule has 1 amide bonds. The van der Waals surface area contributed by atoms with E-state index in [0.717, 1.165) is 16.7 Å². The molecule has 1 aliphatic rings. The monoisotopic (exact) mass is 413 g/mol. The van der Waals surface area contributed by atoms with E-state index >= 15 is 0 Å². The van der Waals surface area contributed by atoms with Crippen LogP contribution in [-0.4, -0.2) is 26.1 Å². The van der Waals surface area contributed by atoms with E-state index in [1.807, 2.05) is 30.3 Å². The maximum atomic E-state index is 12.6. The number of phenols is 1. The third kappa shape index (κ3) is 5.36. The van der Waals surface area contributed by atoms with Gasteiger partial charge in [-0.2, -0.15) is 0 Å². The minimum absolute atomic E-state index is 0.165. The van der Waals surface area contributed by atoms with E-state index in [1.165, 1.54) is 0 Å². The Bertz CT molecular complexity index is 1140. The predicted molar refractivity (Wildman–Crippen MR) is 120 cm³/mol. The molecule has 3 aromatic rings. The van der Waals surface area contributed by atoms with E-state index in [2.05, 4.69) is 10.3 Å². The highest BCUT2D eigenvalue weighted by atomic mass is 16.3. The summed E-state index contributed by atoms with van der Waals surface area (Å²) >= 11 is 0. The summed E-state index contributed by atoms with van der Waals surface area (Å²) in [6.07, 6.45) is 7.04. The van der Waals surface area contributed by atoms with Crippen LogP contribution in [0.2, 0.25) is 0 Å². The van der Waals surface area contributed by atoms with Gasteiger partial charge in [0.05, 0.1) is 23.3 Å². The number of anilines is 1. The topological polar surface area (TPSA) is 95.3 Å². The average molecular weight is 413 g/mol. The van der Waals surface area contributed by atoms with Gasteiger partial charge in [0.2, 0.25) is 5.91 Å². The number of nitrogens with zero attached hydrogens (tertiary/aromatic N) is 2. The van der Waals surface area contributed by atoms with E-state index in [-0.39, 0.29) is 18.1 Å². The molecule has 6 nitrogen and oxygen atoms in total. The van der Waals surface area contributed by atoms with Crippen LogP contribution in [0.4, 0.5) is 5.82 Å². The van der Waals surface area contributed by atoms with Crippen LogP contribution < -0.4 is 5.32 Å². The Kier molecular flexibility index (Phi) is 6.08. The van der Waals surface area contributed by atoms with E-state index in [4.69, 9.17) is 4.98 Å². The first kappa shape index (κ1) is 20.3. The van der Waals surface area contributed by atoms with Crippen molar-refractivity contribution in [3.8, 4) is 17.0 Å². The summed E-state index contributed by atoms with van der Waals surface area (Å²) in [6, 6.07) is 16.7. The largest absolute Gasteiger partial charge is 0.512 e. The maximum Gasteiger partial charge on any atom is 0.229 e. The van der Waals surface area contributed by atoms with E-state index in [9.17, 15) is 15.0 Å². The molecule has 1 aliphatic carbocycles.